The molecule has 0 saturated carbocycles. The molecular formula is C15H38N10. The molecule has 0 aromatic carbocycles. The molecule has 0 saturated heterocycles. The number of nitrogens with zero attached hydrogens (tertiary/aromatic N) is 1. The first-order valence-corrected chi connectivity index (χ1v) is 9.34. The van der Waals surface area contributed by atoms with Crippen molar-refractivity contribution in [1.82, 2.24) is 21.3 Å². The van der Waals surface area contributed by atoms with Crippen LogP contribution in [0.3, 0.4) is 0 Å². The zero-order valence-electron chi connectivity index (χ0n) is 15.3. The molecule has 1 heterocycles. The highest BCUT2D eigenvalue weighted by Crippen LogP contribution is 2.06. The first kappa shape index (κ1) is 22.0. The van der Waals surface area contributed by atoms with Crippen molar-refractivity contribution < 1.29 is 0 Å². The number of nitrogens with two attached hydrogens (primary N) is 5. The molecule has 0 aliphatic carbocycles. The summed E-state index contributed by atoms with van der Waals surface area (Å²) in [4.78, 5) is 4.20. The lowest BCUT2D eigenvalue weighted by Gasteiger charge is -2.43. The zero-order chi connectivity index (χ0) is 18.6. The van der Waals surface area contributed by atoms with Crippen LogP contribution < -0.4 is 49.9 Å². The maximum atomic E-state index is 6.29. The van der Waals surface area contributed by atoms with E-state index in [4.69, 9.17) is 28.7 Å². The van der Waals surface area contributed by atoms with Gasteiger partial charge in [0.05, 0.1) is 0 Å². The molecule has 0 amide bonds. The molecule has 0 aromatic rings. The van der Waals surface area contributed by atoms with Gasteiger partial charge >= 0.3 is 0 Å². The van der Waals surface area contributed by atoms with E-state index in [0.29, 0.717) is 6.54 Å². The molecule has 1 aliphatic heterocycles. The number of rotatable bonds is 14. The lowest BCUT2D eigenvalue weighted by atomic mass is 10.2. The van der Waals surface area contributed by atoms with E-state index >= 15 is 0 Å². The molecule has 0 spiro atoms. The summed E-state index contributed by atoms with van der Waals surface area (Å²) in [6.07, 6.45) is 8.48. The molecule has 0 bridgehead atoms. The van der Waals surface area contributed by atoms with Crippen molar-refractivity contribution in [1.29, 1.82) is 0 Å². The second-order valence-electron chi connectivity index (χ2n) is 6.58. The van der Waals surface area contributed by atoms with Gasteiger partial charge in [-0.25, -0.2) is 10.3 Å². The fraction of sp³-hybridized carbons (Fsp3) is 0.933. The first-order valence-electron chi connectivity index (χ1n) is 9.34. The SMILES string of the molecule is NCCCCCCNC1(N)N=C(N)NC(N)(NCCCCCCN)N1. The summed E-state index contributed by atoms with van der Waals surface area (Å²) in [5.41, 5.74) is 29.4. The second-order valence-corrected chi connectivity index (χ2v) is 6.58. The summed E-state index contributed by atoms with van der Waals surface area (Å²) in [6, 6.07) is 0. The highest BCUT2D eigenvalue weighted by molar-refractivity contribution is 5.79. The van der Waals surface area contributed by atoms with Crippen molar-refractivity contribution in [3.63, 3.8) is 0 Å². The summed E-state index contributed by atoms with van der Waals surface area (Å²) in [5.74, 6) is -2.12. The lowest BCUT2D eigenvalue weighted by Crippen LogP contribution is -2.85. The number of hydrogen-bond donors (Lipinski definition) is 9. The topological polar surface area (TPSA) is 191 Å². The van der Waals surface area contributed by atoms with Crippen LogP contribution in [0.25, 0.3) is 0 Å². The fourth-order valence-corrected chi connectivity index (χ4v) is 2.76. The van der Waals surface area contributed by atoms with E-state index in [1.165, 1.54) is 0 Å². The van der Waals surface area contributed by atoms with E-state index in [2.05, 4.69) is 26.3 Å². The Bertz CT molecular complexity index is 391. The van der Waals surface area contributed by atoms with Gasteiger partial charge in [-0.05, 0) is 51.9 Å². The molecule has 10 heteroatoms. The minimum atomic E-state index is -1.20. The predicted octanol–water partition coefficient (Wildman–Crippen LogP) is -2.15. The Hall–Kier alpha value is -1.01. The molecule has 0 fully saturated rings. The molecule has 2 atom stereocenters. The van der Waals surface area contributed by atoms with E-state index in [1.807, 2.05) is 0 Å². The van der Waals surface area contributed by atoms with Gasteiger partial charge in [0.1, 0.15) is 0 Å². The number of unbranched alkanes of at least 4 members (excludes halogenated alkanes) is 6. The van der Waals surface area contributed by atoms with Gasteiger partial charge in [0, 0.05) is 0 Å². The first-order chi connectivity index (χ1) is 11.9. The van der Waals surface area contributed by atoms with Crippen LogP contribution in [0.2, 0.25) is 0 Å². The summed E-state index contributed by atoms with van der Waals surface area (Å²) in [6.45, 7) is 2.90. The van der Waals surface area contributed by atoms with Gasteiger partial charge in [0.25, 0.3) is 0 Å². The van der Waals surface area contributed by atoms with E-state index in [1.54, 1.807) is 0 Å². The van der Waals surface area contributed by atoms with Gasteiger partial charge in [-0.15, -0.1) is 0 Å². The summed E-state index contributed by atoms with van der Waals surface area (Å²) in [7, 11) is 0. The third-order valence-electron chi connectivity index (χ3n) is 4.07. The highest BCUT2D eigenvalue weighted by Gasteiger charge is 2.39. The summed E-state index contributed by atoms with van der Waals surface area (Å²) < 4.78 is 0. The third-order valence-corrected chi connectivity index (χ3v) is 4.07. The Morgan fingerprint density at radius 3 is 1.88 bits per heavy atom. The Morgan fingerprint density at radius 2 is 1.32 bits per heavy atom. The Kier molecular flexibility index (Phi) is 10.2. The number of hydrogen-bond acceptors (Lipinski definition) is 10. The Labute approximate surface area is 151 Å². The number of guanidine groups is 1. The molecule has 0 aromatic heterocycles. The van der Waals surface area contributed by atoms with Crippen molar-refractivity contribution >= 4 is 5.96 Å². The molecule has 0 radical (unpaired) electrons. The standard InChI is InChI=1S/C15H38N10/c16-9-5-1-3-7-11-21-14(19)23-13(18)24-15(20,25-14)22-12-8-4-2-6-10-17/h21-22,25H,1-12,16-17,19-20H2,(H3,18,23,24). The van der Waals surface area contributed by atoms with Gasteiger partial charge in [0.15, 0.2) is 5.96 Å². The summed E-state index contributed by atoms with van der Waals surface area (Å²) in [5, 5.41) is 12.3. The van der Waals surface area contributed by atoms with Crippen molar-refractivity contribution in [3.05, 3.63) is 0 Å². The quantitative estimate of drug-likeness (QED) is 0.123. The molecule has 14 N–H and O–H groups in total. The minimum absolute atomic E-state index is 0.190. The van der Waals surface area contributed by atoms with E-state index in [9.17, 15) is 0 Å². The summed E-state index contributed by atoms with van der Waals surface area (Å²) >= 11 is 0. The Balaban J connectivity index is 2.36. The minimum Gasteiger partial charge on any atom is -0.370 e. The molecule has 10 nitrogen and oxygen atoms in total. The fourth-order valence-electron chi connectivity index (χ4n) is 2.76. The second kappa shape index (κ2) is 11.6. The van der Waals surface area contributed by atoms with Crippen LogP contribution in [0, 0.1) is 0 Å². The van der Waals surface area contributed by atoms with E-state index < -0.39 is 11.8 Å². The van der Waals surface area contributed by atoms with Crippen LogP contribution in [0.5, 0.6) is 0 Å². The van der Waals surface area contributed by atoms with Gasteiger partial charge in [-0.2, -0.15) is 0 Å². The molecule has 1 rings (SSSR count). The molecular weight excluding hydrogens is 320 g/mol. The third kappa shape index (κ3) is 9.31. The van der Waals surface area contributed by atoms with Crippen LogP contribution in [-0.2, 0) is 0 Å². The van der Waals surface area contributed by atoms with Crippen LogP contribution >= 0.6 is 0 Å². The molecule has 25 heavy (non-hydrogen) atoms. The van der Waals surface area contributed by atoms with Crippen LogP contribution in [-0.4, -0.2) is 44.0 Å². The lowest BCUT2D eigenvalue weighted by molar-refractivity contribution is 0.117. The van der Waals surface area contributed by atoms with Crippen molar-refractivity contribution in [2.75, 3.05) is 26.2 Å². The predicted molar refractivity (Wildman–Crippen MR) is 103 cm³/mol. The van der Waals surface area contributed by atoms with Gasteiger partial charge in [0.2, 0.25) is 11.8 Å². The normalized spacial score (nSPS) is 26.3. The van der Waals surface area contributed by atoms with Crippen LogP contribution in [0.1, 0.15) is 51.4 Å². The largest absolute Gasteiger partial charge is 0.370 e. The van der Waals surface area contributed by atoms with Gasteiger partial charge in [-0.1, -0.05) is 25.7 Å². The number of nitrogens with one attached hydrogen (secondary N) is 4. The number of aliphatic imine (C=N–C) groups is 1. The molecule has 2 unspecified atom stereocenters. The zero-order valence-corrected chi connectivity index (χ0v) is 15.3. The maximum absolute atomic E-state index is 6.29. The van der Waals surface area contributed by atoms with Crippen molar-refractivity contribution in [2.45, 2.75) is 63.2 Å². The smallest absolute Gasteiger partial charge is 0.227 e. The highest BCUT2D eigenvalue weighted by atomic mass is 15.6. The van der Waals surface area contributed by atoms with Crippen LogP contribution in [0.4, 0.5) is 0 Å². The van der Waals surface area contributed by atoms with Crippen molar-refractivity contribution in [3.8, 4) is 0 Å². The van der Waals surface area contributed by atoms with Crippen LogP contribution in [0.15, 0.2) is 4.99 Å². The molecule has 148 valence electrons. The van der Waals surface area contributed by atoms with E-state index in [-0.39, 0.29) is 5.96 Å². The molecule has 1 aliphatic rings. The average molecular weight is 359 g/mol. The van der Waals surface area contributed by atoms with E-state index in [0.717, 1.165) is 71.0 Å². The van der Waals surface area contributed by atoms with Crippen molar-refractivity contribution in [2.24, 2.45) is 33.7 Å². The van der Waals surface area contributed by atoms with Gasteiger partial charge in [-0.3, -0.25) is 22.1 Å². The monoisotopic (exact) mass is 358 g/mol. The maximum Gasteiger partial charge on any atom is 0.227 e. The average Bonchev–Trinajstić information content (AvgIpc) is 2.53. The Morgan fingerprint density at radius 1 is 0.800 bits per heavy atom. The van der Waals surface area contributed by atoms with Gasteiger partial charge < -0.3 is 22.5 Å².